The van der Waals surface area contributed by atoms with E-state index in [1.165, 1.54) is 0 Å². The number of hydrogen-bond donors (Lipinski definition) is 1. The topological polar surface area (TPSA) is 72.6 Å². The number of sulfonamides is 1. The highest BCUT2D eigenvalue weighted by molar-refractivity contribution is 9.10. The average Bonchev–Trinajstić information content (AvgIpc) is 2.77. The third-order valence-electron chi connectivity index (χ3n) is 2.32. The fourth-order valence-electron chi connectivity index (χ4n) is 1.47. The lowest BCUT2D eigenvalue weighted by Crippen LogP contribution is -2.27. The maximum absolute atomic E-state index is 13.1. The fraction of sp³-hybridized carbons (Fsp3) is 0.333. The molecule has 2 N–H and O–H groups in total. The van der Waals surface area contributed by atoms with E-state index in [4.69, 9.17) is 10.6 Å². The normalized spacial score (nSPS) is 17.5. The van der Waals surface area contributed by atoms with E-state index in [9.17, 15) is 12.8 Å². The fourth-order valence-corrected chi connectivity index (χ4v) is 3.78. The molecule has 0 aliphatic carbocycles. The second-order valence-corrected chi connectivity index (χ2v) is 6.17. The number of hydrogen-bond acceptors (Lipinski definition) is 4. The standard InChI is InChI=1S/C9H10BrFN2O3S/c10-6-4-7(11)8(12)5-9(6)17(14,15)13-2-1-3-16-13/h4-5H,1-3,12H2. The Morgan fingerprint density at radius 2 is 2.18 bits per heavy atom. The number of rotatable bonds is 2. The zero-order valence-electron chi connectivity index (χ0n) is 8.69. The van der Waals surface area contributed by atoms with Crippen LogP contribution in [0.3, 0.4) is 0 Å². The van der Waals surface area contributed by atoms with Crippen LogP contribution in [0.4, 0.5) is 10.1 Å². The lowest BCUT2D eigenvalue weighted by Gasteiger charge is -2.15. The molecule has 0 atom stereocenters. The third kappa shape index (κ3) is 2.30. The van der Waals surface area contributed by atoms with Crippen LogP contribution in [0.15, 0.2) is 21.5 Å². The molecule has 94 valence electrons. The molecule has 0 unspecified atom stereocenters. The van der Waals surface area contributed by atoms with Crippen LogP contribution >= 0.6 is 15.9 Å². The molecule has 1 aromatic rings. The SMILES string of the molecule is Nc1cc(S(=O)(=O)N2CCCO2)c(Br)cc1F. The van der Waals surface area contributed by atoms with Crippen molar-refractivity contribution in [1.29, 1.82) is 0 Å². The van der Waals surface area contributed by atoms with Crippen LogP contribution in [0.5, 0.6) is 0 Å². The van der Waals surface area contributed by atoms with Crippen molar-refractivity contribution in [2.75, 3.05) is 18.9 Å². The Morgan fingerprint density at radius 3 is 2.76 bits per heavy atom. The number of hydroxylamine groups is 1. The minimum atomic E-state index is -3.79. The molecule has 0 bridgehead atoms. The van der Waals surface area contributed by atoms with Crippen molar-refractivity contribution < 1.29 is 17.6 Å². The highest BCUT2D eigenvalue weighted by Crippen LogP contribution is 2.30. The first-order valence-corrected chi connectivity index (χ1v) is 7.06. The minimum absolute atomic E-state index is 0.0988. The number of halogens is 2. The molecule has 0 spiro atoms. The van der Waals surface area contributed by atoms with Gasteiger partial charge < -0.3 is 5.73 Å². The van der Waals surface area contributed by atoms with Gasteiger partial charge in [0, 0.05) is 11.0 Å². The monoisotopic (exact) mass is 324 g/mol. The number of nitrogens with two attached hydrogens (primary N) is 1. The van der Waals surface area contributed by atoms with Crippen molar-refractivity contribution in [3.8, 4) is 0 Å². The van der Waals surface area contributed by atoms with Gasteiger partial charge in [0.1, 0.15) is 10.7 Å². The summed E-state index contributed by atoms with van der Waals surface area (Å²) in [5, 5.41) is 0. The van der Waals surface area contributed by atoms with Gasteiger partial charge in [0.25, 0.3) is 10.0 Å². The highest BCUT2D eigenvalue weighted by atomic mass is 79.9. The zero-order valence-corrected chi connectivity index (χ0v) is 11.1. The first-order chi connectivity index (χ1) is 7.93. The van der Waals surface area contributed by atoms with Gasteiger partial charge in [-0.3, -0.25) is 4.84 Å². The average molecular weight is 325 g/mol. The van der Waals surface area contributed by atoms with Crippen molar-refractivity contribution in [2.45, 2.75) is 11.3 Å². The summed E-state index contributed by atoms with van der Waals surface area (Å²) in [6.45, 7) is 0.638. The number of nitrogen functional groups attached to an aromatic ring is 1. The van der Waals surface area contributed by atoms with Gasteiger partial charge in [-0.2, -0.15) is 0 Å². The molecule has 0 radical (unpaired) electrons. The molecule has 8 heteroatoms. The summed E-state index contributed by atoms with van der Waals surface area (Å²) in [5.74, 6) is -0.668. The highest BCUT2D eigenvalue weighted by Gasteiger charge is 2.31. The van der Waals surface area contributed by atoms with Crippen LogP contribution in [0.1, 0.15) is 6.42 Å². The van der Waals surface area contributed by atoms with E-state index >= 15 is 0 Å². The predicted molar refractivity (Wildman–Crippen MR) is 63.0 cm³/mol. The van der Waals surface area contributed by atoms with E-state index in [0.717, 1.165) is 16.6 Å². The van der Waals surface area contributed by atoms with Crippen LogP contribution < -0.4 is 5.73 Å². The summed E-state index contributed by atoms with van der Waals surface area (Å²) in [6.07, 6.45) is 0.632. The van der Waals surface area contributed by atoms with E-state index in [-0.39, 0.29) is 21.6 Å². The maximum Gasteiger partial charge on any atom is 0.266 e. The molecule has 17 heavy (non-hydrogen) atoms. The van der Waals surface area contributed by atoms with E-state index in [1.807, 2.05) is 0 Å². The molecule has 1 fully saturated rings. The van der Waals surface area contributed by atoms with Crippen LogP contribution in [-0.4, -0.2) is 26.0 Å². The Bertz CT molecular complexity index is 543. The lowest BCUT2D eigenvalue weighted by molar-refractivity contribution is -0.0285. The van der Waals surface area contributed by atoms with Crippen molar-refractivity contribution in [3.63, 3.8) is 0 Å². The number of benzene rings is 1. The Kier molecular flexibility index (Phi) is 3.39. The molecule has 1 aliphatic heterocycles. The lowest BCUT2D eigenvalue weighted by atomic mass is 10.3. The summed E-state index contributed by atoms with van der Waals surface area (Å²) in [7, 11) is -3.79. The molecule has 1 saturated heterocycles. The smallest absolute Gasteiger partial charge is 0.266 e. The number of anilines is 1. The van der Waals surface area contributed by atoms with E-state index in [1.54, 1.807) is 0 Å². The van der Waals surface area contributed by atoms with E-state index < -0.39 is 15.8 Å². The first-order valence-electron chi connectivity index (χ1n) is 4.83. The summed E-state index contributed by atoms with van der Waals surface area (Å²) in [4.78, 5) is 4.89. The van der Waals surface area contributed by atoms with Gasteiger partial charge in [0.05, 0.1) is 12.3 Å². The van der Waals surface area contributed by atoms with Crippen LogP contribution in [-0.2, 0) is 14.9 Å². The van der Waals surface area contributed by atoms with Crippen LogP contribution in [0.2, 0.25) is 0 Å². The van der Waals surface area contributed by atoms with Gasteiger partial charge in [0.2, 0.25) is 0 Å². The number of nitrogens with zero attached hydrogens (tertiary/aromatic N) is 1. The Labute approximate surface area is 106 Å². The second kappa shape index (κ2) is 4.52. The molecule has 1 aliphatic rings. The predicted octanol–water partition coefficient (Wildman–Crippen LogP) is 1.50. The molecule has 1 heterocycles. The van der Waals surface area contributed by atoms with Crippen molar-refractivity contribution in [3.05, 3.63) is 22.4 Å². The molecular formula is C9H10BrFN2O3S. The van der Waals surface area contributed by atoms with Crippen molar-refractivity contribution >= 4 is 31.6 Å². The largest absolute Gasteiger partial charge is 0.396 e. The molecule has 1 aromatic carbocycles. The zero-order chi connectivity index (χ0) is 12.6. The summed E-state index contributed by atoms with van der Waals surface area (Å²) < 4.78 is 38.4. The van der Waals surface area contributed by atoms with Crippen molar-refractivity contribution in [2.24, 2.45) is 0 Å². The molecular weight excluding hydrogens is 315 g/mol. The van der Waals surface area contributed by atoms with Gasteiger partial charge in [-0.05, 0) is 34.5 Å². The Balaban J connectivity index is 2.49. The van der Waals surface area contributed by atoms with Gasteiger partial charge >= 0.3 is 0 Å². The second-order valence-electron chi connectivity index (χ2n) is 3.52. The Hall–Kier alpha value is -0.700. The molecule has 2 rings (SSSR count). The minimum Gasteiger partial charge on any atom is -0.396 e. The molecule has 0 aromatic heterocycles. The van der Waals surface area contributed by atoms with E-state index in [2.05, 4.69) is 15.9 Å². The van der Waals surface area contributed by atoms with E-state index in [0.29, 0.717) is 13.0 Å². The summed E-state index contributed by atoms with van der Waals surface area (Å²) in [5.41, 5.74) is 5.15. The van der Waals surface area contributed by atoms with Crippen LogP contribution in [0, 0.1) is 5.82 Å². The Morgan fingerprint density at radius 1 is 1.47 bits per heavy atom. The quantitative estimate of drug-likeness (QED) is 0.837. The van der Waals surface area contributed by atoms with Crippen LogP contribution in [0.25, 0.3) is 0 Å². The third-order valence-corrected chi connectivity index (χ3v) is 4.95. The maximum atomic E-state index is 13.1. The molecule has 5 nitrogen and oxygen atoms in total. The van der Waals surface area contributed by atoms with Gasteiger partial charge in [-0.25, -0.2) is 12.8 Å². The van der Waals surface area contributed by atoms with Crippen molar-refractivity contribution in [1.82, 2.24) is 4.47 Å². The van der Waals surface area contributed by atoms with Gasteiger partial charge in [0.15, 0.2) is 0 Å². The summed E-state index contributed by atoms with van der Waals surface area (Å²) >= 11 is 3.01. The molecule has 0 amide bonds. The van der Waals surface area contributed by atoms with Gasteiger partial charge in [-0.1, -0.05) is 4.47 Å². The molecule has 0 saturated carbocycles. The first kappa shape index (κ1) is 12.7. The summed E-state index contributed by atoms with van der Waals surface area (Å²) in [6, 6.07) is 2.11. The van der Waals surface area contributed by atoms with Gasteiger partial charge in [-0.15, -0.1) is 0 Å².